The molecule has 19 heavy (non-hydrogen) atoms. The fourth-order valence-electron chi connectivity index (χ4n) is 2.66. The van der Waals surface area contributed by atoms with Gasteiger partial charge in [-0.15, -0.1) is 0 Å². The highest BCUT2D eigenvalue weighted by atomic mass is 16.1. The van der Waals surface area contributed by atoms with Gasteiger partial charge < -0.3 is 16.4 Å². The van der Waals surface area contributed by atoms with Crippen LogP contribution in [0, 0.1) is 0 Å². The Bertz CT molecular complexity index is 427. The number of hydrogen-bond donors (Lipinski definition) is 3. The first-order valence-corrected chi connectivity index (χ1v) is 7.05. The fraction of sp³-hybridized carbons (Fsp3) is 0.533. The Morgan fingerprint density at radius 1 is 1.53 bits per heavy atom. The third-order valence-corrected chi connectivity index (χ3v) is 3.61. The molecule has 1 aliphatic rings. The first-order chi connectivity index (χ1) is 9.15. The second-order valence-electron chi connectivity index (χ2n) is 5.37. The Balaban J connectivity index is 1.88. The van der Waals surface area contributed by atoms with Crippen LogP contribution in [0.3, 0.4) is 0 Å². The largest absolute Gasteiger partial charge is 0.383 e. The number of nitrogens with two attached hydrogens (primary N) is 1. The fourth-order valence-corrected chi connectivity index (χ4v) is 2.66. The molecule has 0 saturated carbocycles. The summed E-state index contributed by atoms with van der Waals surface area (Å²) in [4.78, 5) is 11.1. The van der Waals surface area contributed by atoms with Crippen molar-refractivity contribution in [1.82, 2.24) is 5.32 Å². The van der Waals surface area contributed by atoms with Crippen molar-refractivity contribution >= 4 is 11.6 Å². The summed E-state index contributed by atoms with van der Waals surface area (Å²) in [5.41, 5.74) is 6.79. The van der Waals surface area contributed by atoms with Gasteiger partial charge in [0.1, 0.15) is 0 Å². The van der Waals surface area contributed by atoms with Gasteiger partial charge in [-0.2, -0.15) is 0 Å². The number of nitrogens with one attached hydrogen (secondary N) is 2. The molecular formula is C15H23N3O. The average molecular weight is 261 g/mol. The van der Waals surface area contributed by atoms with E-state index < -0.39 is 0 Å². The summed E-state index contributed by atoms with van der Waals surface area (Å²) in [6.07, 6.45) is 4.97. The Hall–Kier alpha value is -1.55. The minimum atomic E-state index is -0.384. The topological polar surface area (TPSA) is 67.2 Å². The summed E-state index contributed by atoms with van der Waals surface area (Å²) >= 11 is 0. The minimum Gasteiger partial charge on any atom is -0.383 e. The number of piperidine rings is 1. The maximum Gasteiger partial charge on any atom is 0.248 e. The summed E-state index contributed by atoms with van der Waals surface area (Å²) in [6, 6.07) is 8.36. The van der Waals surface area contributed by atoms with Gasteiger partial charge >= 0.3 is 0 Å². The van der Waals surface area contributed by atoms with Gasteiger partial charge in [-0.25, -0.2) is 0 Å². The van der Waals surface area contributed by atoms with E-state index in [-0.39, 0.29) is 5.91 Å². The van der Waals surface area contributed by atoms with E-state index in [9.17, 15) is 4.79 Å². The Morgan fingerprint density at radius 3 is 3.05 bits per heavy atom. The van der Waals surface area contributed by atoms with Crippen LogP contribution in [0.4, 0.5) is 5.69 Å². The van der Waals surface area contributed by atoms with Crippen molar-refractivity contribution in [3.8, 4) is 0 Å². The molecule has 1 aromatic carbocycles. The van der Waals surface area contributed by atoms with Crippen molar-refractivity contribution in [2.24, 2.45) is 5.73 Å². The monoisotopic (exact) mass is 261 g/mol. The van der Waals surface area contributed by atoms with Crippen molar-refractivity contribution in [1.29, 1.82) is 0 Å². The van der Waals surface area contributed by atoms with Crippen LogP contribution in [0.15, 0.2) is 24.3 Å². The SMILES string of the molecule is CC(CC1CCCCN1)Nc1cccc(C(N)=O)c1. The number of carbonyl (C=O) groups is 1. The first kappa shape index (κ1) is 13.9. The number of rotatable bonds is 5. The molecule has 1 amide bonds. The second kappa shape index (κ2) is 6.57. The third kappa shape index (κ3) is 4.24. The summed E-state index contributed by atoms with van der Waals surface area (Å²) in [6.45, 7) is 3.31. The molecule has 4 nitrogen and oxygen atoms in total. The van der Waals surface area contributed by atoms with Gasteiger partial charge in [0.25, 0.3) is 0 Å². The minimum absolute atomic E-state index is 0.374. The number of amides is 1. The van der Waals surface area contributed by atoms with Crippen molar-refractivity contribution in [3.63, 3.8) is 0 Å². The molecule has 1 heterocycles. The molecule has 104 valence electrons. The maximum absolute atomic E-state index is 11.1. The van der Waals surface area contributed by atoms with Crippen LogP contribution >= 0.6 is 0 Å². The van der Waals surface area contributed by atoms with Crippen LogP contribution < -0.4 is 16.4 Å². The predicted molar refractivity (Wildman–Crippen MR) is 78.3 cm³/mol. The highest BCUT2D eigenvalue weighted by Gasteiger charge is 2.15. The number of anilines is 1. The van der Waals surface area contributed by atoms with Gasteiger partial charge in [-0.3, -0.25) is 4.79 Å². The van der Waals surface area contributed by atoms with Gasteiger partial charge in [0, 0.05) is 23.3 Å². The van der Waals surface area contributed by atoms with E-state index in [2.05, 4.69) is 17.6 Å². The standard InChI is InChI=1S/C15H23N3O/c1-11(9-13-6-2-3-8-17-13)18-14-7-4-5-12(10-14)15(16)19/h4-5,7,10-11,13,17-18H,2-3,6,8-9H2,1H3,(H2,16,19). The third-order valence-electron chi connectivity index (χ3n) is 3.61. The van der Waals surface area contributed by atoms with Crippen LogP contribution in [0.2, 0.25) is 0 Å². The lowest BCUT2D eigenvalue weighted by Gasteiger charge is -2.27. The second-order valence-corrected chi connectivity index (χ2v) is 5.37. The Morgan fingerprint density at radius 2 is 2.37 bits per heavy atom. The highest BCUT2D eigenvalue weighted by molar-refractivity contribution is 5.93. The van der Waals surface area contributed by atoms with Crippen molar-refractivity contribution in [2.45, 2.75) is 44.7 Å². The van der Waals surface area contributed by atoms with Gasteiger partial charge in [0.2, 0.25) is 5.91 Å². The van der Waals surface area contributed by atoms with Crippen LogP contribution in [0.1, 0.15) is 43.0 Å². The molecule has 1 aliphatic heterocycles. The van der Waals surface area contributed by atoms with E-state index >= 15 is 0 Å². The maximum atomic E-state index is 11.1. The molecule has 0 bridgehead atoms. The summed E-state index contributed by atoms with van der Waals surface area (Å²) < 4.78 is 0. The molecule has 0 aliphatic carbocycles. The predicted octanol–water partition coefficient (Wildman–Crippen LogP) is 2.12. The van der Waals surface area contributed by atoms with Crippen LogP contribution in [0.25, 0.3) is 0 Å². The normalized spacial score (nSPS) is 20.8. The molecule has 0 radical (unpaired) electrons. The van der Waals surface area contributed by atoms with Gasteiger partial charge in [0.15, 0.2) is 0 Å². The molecule has 4 heteroatoms. The average Bonchev–Trinajstić information content (AvgIpc) is 2.40. The molecule has 0 spiro atoms. The summed E-state index contributed by atoms with van der Waals surface area (Å²) in [7, 11) is 0. The van der Waals surface area contributed by atoms with E-state index in [0.717, 1.165) is 18.7 Å². The Kier molecular flexibility index (Phi) is 4.80. The molecule has 4 N–H and O–H groups in total. The van der Waals surface area contributed by atoms with E-state index in [0.29, 0.717) is 17.6 Å². The van der Waals surface area contributed by atoms with E-state index in [1.54, 1.807) is 6.07 Å². The lowest BCUT2D eigenvalue weighted by atomic mass is 9.98. The molecule has 1 aromatic rings. The zero-order valence-corrected chi connectivity index (χ0v) is 11.5. The lowest BCUT2D eigenvalue weighted by Crippen LogP contribution is -2.37. The van der Waals surface area contributed by atoms with E-state index in [1.165, 1.54) is 19.3 Å². The van der Waals surface area contributed by atoms with Gasteiger partial charge in [-0.05, 0) is 50.9 Å². The molecule has 2 unspecified atom stereocenters. The van der Waals surface area contributed by atoms with Crippen molar-refractivity contribution in [2.75, 3.05) is 11.9 Å². The molecule has 1 saturated heterocycles. The smallest absolute Gasteiger partial charge is 0.248 e. The van der Waals surface area contributed by atoms with Crippen LogP contribution in [-0.2, 0) is 0 Å². The zero-order chi connectivity index (χ0) is 13.7. The first-order valence-electron chi connectivity index (χ1n) is 7.05. The molecule has 1 fully saturated rings. The molecular weight excluding hydrogens is 238 g/mol. The quantitative estimate of drug-likeness (QED) is 0.760. The molecule has 2 atom stereocenters. The van der Waals surface area contributed by atoms with Gasteiger partial charge in [0.05, 0.1) is 0 Å². The van der Waals surface area contributed by atoms with Crippen LogP contribution in [-0.4, -0.2) is 24.5 Å². The molecule has 0 aromatic heterocycles. The van der Waals surface area contributed by atoms with Crippen molar-refractivity contribution < 1.29 is 4.79 Å². The van der Waals surface area contributed by atoms with E-state index in [1.807, 2.05) is 18.2 Å². The lowest BCUT2D eigenvalue weighted by molar-refractivity contribution is 0.100. The number of primary amides is 1. The number of carbonyl (C=O) groups excluding carboxylic acids is 1. The summed E-state index contributed by atoms with van der Waals surface area (Å²) in [5.74, 6) is -0.384. The van der Waals surface area contributed by atoms with Crippen molar-refractivity contribution in [3.05, 3.63) is 29.8 Å². The molecule has 2 rings (SSSR count). The van der Waals surface area contributed by atoms with Crippen LogP contribution in [0.5, 0.6) is 0 Å². The Labute approximate surface area is 114 Å². The van der Waals surface area contributed by atoms with Gasteiger partial charge in [-0.1, -0.05) is 12.5 Å². The number of benzene rings is 1. The summed E-state index contributed by atoms with van der Waals surface area (Å²) in [5, 5.41) is 6.99. The van der Waals surface area contributed by atoms with E-state index in [4.69, 9.17) is 5.73 Å². The highest BCUT2D eigenvalue weighted by Crippen LogP contribution is 2.16. The zero-order valence-electron chi connectivity index (χ0n) is 11.5. The number of hydrogen-bond acceptors (Lipinski definition) is 3.